The number of carbonyl (C=O) groups is 1. The minimum Gasteiger partial charge on any atom is -0.383 e. The number of hydrogen-bond donors (Lipinski definition) is 2. The summed E-state index contributed by atoms with van der Waals surface area (Å²) < 4.78 is 20.0. The van der Waals surface area contributed by atoms with Gasteiger partial charge in [0.15, 0.2) is 5.65 Å². The molecule has 0 radical (unpaired) electrons. The maximum absolute atomic E-state index is 13.6. The lowest BCUT2D eigenvalue weighted by Gasteiger charge is -2.06. The first-order chi connectivity index (χ1) is 13.6. The maximum atomic E-state index is 13.6. The van der Waals surface area contributed by atoms with Gasteiger partial charge in [-0.1, -0.05) is 12.1 Å². The molecule has 0 bridgehead atoms. The van der Waals surface area contributed by atoms with Crippen molar-refractivity contribution in [3.63, 3.8) is 0 Å². The van der Waals surface area contributed by atoms with Crippen molar-refractivity contribution in [2.24, 2.45) is 0 Å². The molecule has 0 saturated carbocycles. The van der Waals surface area contributed by atoms with E-state index in [1.807, 2.05) is 0 Å². The Morgan fingerprint density at radius 2 is 2.14 bits per heavy atom. The van der Waals surface area contributed by atoms with Gasteiger partial charge in [-0.2, -0.15) is 10.1 Å². The summed E-state index contributed by atoms with van der Waals surface area (Å²) in [4.78, 5) is 28.9. The van der Waals surface area contributed by atoms with E-state index in [0.29, 0.717) is 40.9 Å². The van der Waals surface area contributed by atoms with Gasteiger partial charge in [0.1, 0.15) is 11.5 Å². The minimum atomic E-state index is -0.458. The van der Waals surface area contributed by atoms with Crippen LogP contribution in [-0.2, 0) is 4.74 Å². The quantitative estimate of drug-likeness (QED) is 0.513. The van der Waals surface area contributed by atoms with Gasteiger partial charge in [-0.25, -0.2) is 14.1 Å². The van der Waals surface area contributed by atoms with Gasteiger partial charge in [0.05, 0.1) is 17.5 Å². The Kier molecular flexibility index (Phi) is 4.58. The molecule has 1 amide bonds. The Morgan fingerprint density at radius 1 is 1.29 bits per heavy atom. The summed E-state index contributed by atoms with van der Waals surface area (Å²) in [6.07, 6.45) is 0. The number of carbonyl (C=O) groups excluding carboxylic acids is 1. The molecule has 28 heavy (non-hydrogen) atoms. The molecule has 2 heterocycles. The number of halogens is 1. The van der Waals surface area contributed by atoms with E-state index in [1.54, 1.807) is 37.4 Å². The van der Waals surface area contributed by atoms with E-state index in [2.05, 4.69) is 20.6 Å². The van der Waals surface area contributed by atoms with Gasteiger partial charge < -0.3 is 10.1 Å². The first-order valence-electron chi connectivity index (χ1n) is 8.52. The van der Waals surface area contributed by atoms with E-state index in [4.69, 9.17) is 4.74 Å². The zero-order chi connectivity index (χ0) is 19.7. The largest absolute Gasteiger partial charge is 0.383 e. The Bertz CT molecular complexity index is 1250. The molecular formula is C19H16FN5O3. The number of amides is 1. The van der Waals surface area contributed by atoms with Gasteiger partial charge in [0.2, 0.25) is 0 Å². The SMILES string of the molecule is COCCNC(=O)c1ccc2c(=O)nc3c(-c4cccc(F)c4)n[nH]n3c2c1. The summed E-state index contributed by atoms with van der Waals surface area (Å²) in [7, 11) is 1.55. The van der Waals surface area contributed by atoms with E-state index >= 15 is 0 Å². The van der Waals surface area contributed by atoms with Gasteiger partial charge in [-0.15, -0.1) is 0 Å². The lowest BCUT2D eigenvalue weighted by atomic mass is 10.1. The fraction of sp³-hybridized carbons (Fsp3) is 0.158. The summed E-state index contributed by atoms with van der Waals surface area (Å²) in [5.41, 5.74) is 1.45. The predicted octanol–water partition coefficient (Wildman–Crippen LogP) is 1.75. The summed E-state index contributed by atoms with van der Waals surface area (Å²) >= 11 is 0. The van der Waals surface area contributed by atoms with Crippen molar-refractivity contribution in [2.45, 2.75) is 0 Å². The fourth-order valence-corrected chi connectivity index (χ4v) is 2.97. The van der Waals surface area contributed by atoms with Crippen LogP contribution in [0.3, 0.4) is 0 Å². The molecule has 9 heteroatoms. The van der Waals surface area contributed by atoms with Crippen molar-refractivity contribution in [1.29, 1.82) is 0 Å². The van der Waals surface area contributed by atoms with Gasteiger partial charge in [0, 0.05) is 24.8 Å². The van der Waals surface area contributed by atoms with Gasteiger partial charge in [-0.05, 0) is 30.3 Å². The molecule has 4 rings (SSSR count). The van der Waals surface area contributed by atoms with Crippen molar-refractivity contribution in [2.75, 3.05) is 20.3 Å². The molecule has 2 aromatic heterocycles. The molecular weight excluding hydrogens is 365 g/mol. The second-order valence-corrected chi connectivity index (χ2v) is 6.13. The van der Waals surface area contributed by atoms with Crippen LogP contribution in [0.2, 0.25) is 0 Å². The second kappa shape index (κ2) is 7.20. The van der Waals surface area contributed by atoms with Crippen molar-refractivity contribution in [3.05, 3.63) is 64.2 Å². The third-order valence-electron chi connectivity index (χ3n) is 4.31. The topological polar surface area (TPSA) is 101 Å². The molecule has 4 aromatic rings. The smallest absolute Gasteiger partial charge is 0.281 e. The van der Waals surface area contributed by atoms with Crippen molar-refractivity contribution >= 4 is 22.5 Å². The van der Waals surface area contributed by atoms with Crippen molar-refractivity contribution in [3.8, 4) is 11.3 Å². The van der Waals surface area contributed by atoms with Crippen LogP contribution < -0.4 is 10.9 Å². The van der Waals surface area contributed by atoms with E-state index in [1.165, 1.54) is 16.6 Å². The first kappa shape index (κ1) is 17.8. The van der Waals surface area contributed by atoms with Crippen LogP contribution in [0.1, 0.15) is 10.4 Å². The average Bonchev–Trinajstić information content (AvgIpc) is 3.12. The number of nitrogens with zero attached hydrogens (tertiary/aromatic N) is 3. The van der Waals surface area contributed by atoms with Crippen LogP contribution in [0.5, 0.6) is 0 Å². The summed E-state index contributed by atoms with van der Waals surface area (Å²) in [6, 6.07) is 10.6. The van der Waals surface area contributed by atoms with E-state index in [9.17, 15) is 14.0 Å². The molecule has 0 atom stereocenters. The lowest BCUT2D eigenvalue weighted by molar-refractivity contribution is 0.0937. The van der Waals surface area contributed by atoms with Gasteiger partial charge in [-0.3, -0.25) is 9.59 Å². The van der Waals surface area contributed by atoms with Crippen LogP contribution in [0.4, 0.5) is 4.39 Å². The minimum absolute atomic E-state index is 0.250. The third-order valence-corrected chi connectivity index (χ3v) is 4.31. The predicted molar refractivity (Wildman–Crippen MR) is 101 cm³/mol. The molecule has 0 unspecified atom stereocenters. The first-order valence-corrected chi connectivity index (χ1v) is 8.52. The number of benzene rings is 2. The normalized spacial score (nSPS) is 11.2. The van der Waals surface area contributed by atoms with Crippen LogP contribution in [0.25, 0.3) is 27.8 Å². The highest BCUT2D eigenvalue weighted by atomic mass is 19.1. The number of H-pyrrole nitrogens is 1. The fourth-order valence-electron chi connectivity index (χ4n) is 2.97. The number of methoxy groups -OCH3 is 1. The van der Waals surface area contributed by atoms with Crippen LogP contribution in [0, 0.1) is 5.82 Å². The Hall–Kier alpha value is -3.59. The molecule has 0 aliphatic carbocycles. The zero-order valence-electron chi connectivity index (χ0n) is 14.9. The van der Waals surface area contributed by atoms with Gasteiger partial charge >= 0.3 is 0 Å². The maximum Gasteiger partial charge on any atom is 0.281 e. The number of aromatic nitrogens is 4. The summed E-state index contributed by atoms with van der Waals surface area (Å²) in [5.74, 6) is -0.710. The number of fused-ring (bicyclic) bond motifs is 3. The number of aromatic amines is 1. The molecule has 0 fully saturated rings. The molecule has 2 aromatic carbocycles. The second-order valence-electron chi connectivity index (χ2n) is 6.13. The molecule has 0 saturated heterocycles. The molecule has 0 aliphatic heterocycles. The van der Waals surface area contributed by atoms with Crippen LogP contribution >= 0.6 is 0 Å². The Morgan fingerprint density at radius 3 is 2.93 bits per heavy atom. The number of nitrogens with one attached hydrogen (secondary N) is 2. The zero-order valence-corrected chi connectivity index (χ0v) is 14.9. The van der Waals surface area contributed by atoms with Crippen LogP contribution in [0.15, 0.2) is 47.3 Å². The van der Waals surface area contributed by atoms with Crippen molar-refractivity contribution < 1.29 is 13.9 Å². The monoisotopic (exact) mass is 381 g/mol. The molecule has 142 valence electrons. The molecule has 0 spiro atoms. The standard InChI is InChI=1S/C19H16FN5O3/c1-28-8-7-21-18(26)12-5-6-14-15(10-12)25-17(22-19(14)27)16(23-24-25)11-3-2-4-13(20)9-11/h2-6,9-10,24H,7-8H2,1H3,(H,21,26). The summed E-state index contributed by atoms with van der Waals surface area (Å²) in [5, 5.41) is 10.0. The highest BCUT2D eigenvalue weighted by Crippen LogP contribution is 2.23. The third kappa shape index (κ3) is 3.12. The van der Waals surface area contributed by atoms with Crippen LogP contribution in [-0.4, -0.2) is 46.0 Å². The van der Waals surface area contributed by atoms with E-state index in [0.717, 1.165) is 0 Å². The van der Waals surface area contributed by atoms with Crippen molar-refractivity contribution in [1.82, 2.24) is 25.1 Å². The summed E-state index contributed by atoms with van der Waals surface area (Å²) in [6.45, 7) is 0.761. The lowest BCUT2D eigenvalue weighted by Crippen LogP contribution is -2.27. The number of hydrogen-bond acceptors (Lipinski definition) is 5. The Balaban J connectivity index is 1.85. The molecule has 8 nitrogen and oxygen atoms in total. The highest BCUT2D eigenvalue weighted by molar-refractivity contribution is 5.98. The average molecular weight is 381 g/mol. The number of rotatable bonds is 5. The van der Waals surface area contributed by atoms with E-state index < -0.39 is 11.4 Å². The van der Waals surface area contributed by atoms with Gasteiger partial charge in [0.25, 0.3) is 11.5 Å². The molecule has 2 N–H and O–H groups in total. The highest BCUT2D eigenvalue weighted by Gasteiger charge is 2.16. The molecule has 0 aliphatic rings. The number of ether oxygens (including phenoxy) is 1. The Labute approximate surface area is 157 Å². The van der Waals surface area contributed by atoms with E-state index in [-0.39, 0.29) is 11.6 Å².